The molecule has 3 heterocycles. The maximum atomic E-state index is 13.9. The van der Waals surface area contributed by atoms with Crippen molar-refractivity contribution in [2.24, 2.45) is 5.92 Å². The van der Waals surface area contributed by atoms with Gasteiger partial charge in [0.05, 0.1) is 18.0 Å². The third kappa shape index (κ3) is 6.07. The lowest BCUT2D eigenvalue weighted by Crippen LogP contribution is -2.39. The predicted octanol–water partition coefficient (Wildman–Crippen LogP) is 6.48. The monoisotopic (exact) mass is 600 g/mol. The van der Waals surface area contributed by atoms with Crippen LogP contribution in [0.5, 0.6) is 0 Å². The lowest BCUT2D eigenvalue weighted by atomic mass is 9.94. The van der Waals surface area contributed by atoms with Gasteiger partial charge in [0.1, 0.15) is 5.82 Å². The van der Waals surface area contributed by atoms with Gasteiger partial charge in [0, 0.05) is 46.7 Å². The van der Waals surface area contributed by atoms with Crippen LogP contribution in [0, 0.1) is 5.92 Å². The Labute approximate surface area is 252 Å². The summed E-state index contributed by atoms with van der Waals surface area (Å²) >= 11 is 7.79. The minimum Gasteiger partial charge on any atom is -0.481 e. The maximum Gasteiger partial charge on any atom is 0.304 e. The number of carbonyl (C=O) groups excluding carboxylic acids is 2. The summed E-state index contributed by atoms with van der Waals surface area (Å²) in [5, 5.41) is 12.6. The van der Waals surface area contributed by atoms with E-state index in [1.54, 1.807) is 16.0 Å². The van der Waals surface area contributed by atoms with Crippen LogP contribution in [-0.4, -0.2) is 45.4 Å². The average molecular weight is 601 g/mol. The van der Waals surface area contributed by atoms with Crippen molar-refractivity contribution in [3.63, 3.8) is 0 Å². The highest BCUT2D eigenvalue weighted by Crippen LogP contribution is 2.40. The lowest BCUT2D eigenvalue weighted by Gasteiger charge is -2.25. The number of nitrogens with zero attached hydrogens (tertiary/aromatic N) is 4. The van der Waals surface area contributed by atoms with Crippen LogP contribution in [0.15, 0.2) is 72.2 Å². The molecule has 0 unspecified atom stereocenters. The molecule has 1 aliphatic heterocycles. The van der Waals surface area contributed by atoms with E-state index in [0.717, 1.165) is 41.5 Å². The average Bonchev–Trinajstić information content (AvgIpc) is 3.53. The molecule has 0 bridgehead atoms. The van der Waals surface area contributed by atoms with Gasteiger partial charge in [-0.2, -0.15) is 0 Å². The van der Waals surface area contributed by atoms with E-state index in [4.69, 9.17) is 16.6 Å². The van der Waals surface area contributed by atoms with E-state index in [2.05, 4.69) is 4.98 Å². The fourth-order valence-electron chi connectivity index (χ4n) is 5.39. The first-order chi connectivity index (χ1) is 20.4. The summed E-state index contributed by atoms with van der Waals surface area (Å²) in [6.45, 7) is 0.674. The largest absolute Gasteiger partial charge is 0.481 e. The first kappa shape index (κ1) is 28.1. The zero-order valence-corrected chi connectivity index (χ0v) is 24.4. The summed E-state index contributed by atoms with van der Waals surface area (Å²) in [6, 6.07) is 18.9. The SMILES string of the molecule is O=C(O)C[C@@H](Cc1ccccc1)C(=O)N(c1nc(-c2cc(Cl)ccc2-c2ccc(N3CCCC3=O)nc2)cs1)C1CC1. The van der Waals surface area contributed by atoms with Crippen LogP contribution in [0.2, 0.25) is 5.02 Å². The third-order valence-electron chi connectivity index (χ3n) is 7.61. The van der Waals surface area contributed by atoms with E-state index in [-0.39, 0.29) is 24.3 Å². The summed E-state index contributed by atoms with van der Waals surface area (Å²) < 4.78 is 0. The Bertz CT molecular complexity index is 1620. The van der Waals surface area contributed by atoms with Gasteiger partial charge in [0.25, 0.3) is 0 Å². The fourth-order valence-corrected chi connectivity index (χ4v) is 6.46. The van der Waals surface area contributed by atoms with Crippen LogP contribution < -0.4 is 9.80 Å². The molecule has 1 aliphatic carbocycles. The molecule has 4 aromatic rings. The van der Waals surface area contributed by atoms with Crippen LogP contribution in [0.25, 0.3) is 22.4 Å². The molecule has 0 radical (unpaired) electrons. The maximum absolute atomic E-state index is 13.9. The Hall–Kier alpha value is -4.08. The number of carbonyl (C=O) groups is 3. The standard InChI is InChI=1S/C32H29ClN4O4S/c33-23-9-12-25(21-8-13-28(34-18-21)36-14-4-7-29(36)38)26(17-23)27-19-42-32(35-27)37(24-10-11-24)31(41)22(16-30(39)40)15-20-5-2-1-3-6-20/h1-3,5-6,8-9,12-13,17-19,22,24H,4,7,10-11,14-16H2,(H,39,40)/t22-/m1/s1. The van der Waals surface area contributed by atoms with E-state index in [9.17, 15) is 19.5 Å². The highest BCUT2D eigenvalue weighted by molar-refractivity contribution is 7.14. The first-order valence-corrected chi connectivity index (χ1v) is 15.2. The third-order valence-corrected chi connectivity index (χ3v) is 8.68. The van der Waals surface area contributed by atoms with Crippen LogP contribution in [0.3, 0.4) is 0 Å². The number of anilines is 2. The first-order valence-electron chi connectivity index (χ1n) is 14.0. The smallest absolute Gasteiger partial charge is 0.304 e. The zero-order chi connectivity index (χ0) is 29.2. The number of hydrogen-bond acceptors (Lipinski definition) is 6. The van der Waals surface area contributed by atoms with Crippen LogP contribution in [0.1, 0.15) is 37.7 Å². The van der Waals surface area contributed by atoms with Gasteiger partial charge in [0.15, 0.2) is 5.13 Å². The van der Waals surface area contributed by atoms with Crippen molar-refractivity contribution in [2.75, 3.05) is 16.3 Å². The van der Waals surface area contributed by atoms with E-state index in [1.807, 2.05) is 66.0 Å². The van der Waals surface area contributed by atoms with Crippen molar-refractivity contribution < 1.29 is 19.5 Å². The van der Waals surface area contributed by atoms with E-state index >= 15 is 0 Å². The predicted molar refractivity (Wildman–Crippen MR) is 164 cm³/mol. The van der Waals surface area contributed by atoms with Crippen molar-refractivity contribution in [1.29, 1.82) is 0 Å². The summed E-state index contributed by atoms with van der Waals surface area (Å²) in [7, 11) is 0. The molecule has 1 atom stereocenters. The number of carboxylic acids is 1. The van der Waals surface area contributed by atoms with Gasteiger partial charge in [0.2, 0.25) is 11.8 Å². The molecular formula is C32H29ClN4O4S. The number of benzene rings is 2. The Morgan fingerprint density at radius 3 is 2.57 bits per heavy atom. The molecule has 6 rings (SSSR count). The molecular weight excluding hydrogens is 572 g/mol. The number of aromatic nitrogens is 2. The normalized spacial score (nSPS) is 15.5. The topological polar surface area (TPSA) is 104 Å². The minimum absolute atomic E-state index is 0.00689. The molecule has 42 heavy (non-hydrogen) atoms. The summed E-state index contributed by atoms with van der Waals surface area (Å²) in [4.78, 5) is 50.7. The number of hydrogen-bond donors (Lipinski definition) is 1. The Morgan fingerprint density at radius 1 is 1.10 bits per heavy atom. The highest BCUT2D eigenvalue weighted by Gasteiger charge is 2.39. The fraction of sp³-hybridized carbons (Fsp3) is 0.281. The highest BCUT2D eigenvalue weighted by atomic mass is 35.5. The molecule has 0 spiro atoms. The molecule has 1 N–H and O–H groups in total. The number of thiazole rings is 1. The van der Waals surface area contributed by atoms with Crippen LogP contribution in [-0.2, 0) is 20.8 Å². The van der Waals surface area contributed by atoms with E-state index < -0.39 is 11.9 Å². The second kappa shape index (κ2) is 12.0. The van der Waals surface area contributed by atoms with Crippen molar-refractivity contribution in [2.45, 2.75) is 44.6 Å². The number of halogens is 1. The van der Waals surface area contributed by atoms with E-state index in [1.165, 1.54) is 11.3 Å². The molecule has 2 aliphatic rings. The molecule has 1 saturated carbocycles. The van der Waals surface area contributed by atoms with Crippen LogP contribution in [0.4, 0.5) is 10.9 Å². The molecule has 214 valence electrons. The minimum atomic E-state index is -1.00. The van der Waals surface area contributed by atoms with Crippen molar-refractivity contribution in [3.05, 3.63) is 82.8 Å². The zero-order valence-electron chi connectivity index (χ0n) is 22.8. The summed E-state index contributed by atoms with van der Waals surface area (Å²) in [6.07, 6.45) is 4.93. The molecule has 2 aromatic carbocycles. The molecule has 1 saturated heterocycles. The molecule has 8 nitrogen and oxygen atoms in total. The molecule has 2 aromatic heterocycles. The van der Waals surface area contributed by atoms with Crippen LogP contribution >= 0.6 is 22.9 Å². The van der Waals surface area contributed by atoms with Crippen molar-refractivity contribution >= 4 is 51.7 Å². The van der Waals surface area contributed by atoms with Crippen molar-refractivity contribution in [1.82, 2.24) is 9.97 Å². The Morgan fingerprint density at radius 2 is 1.90 bits per heavy atom. The summed E-state index contributed by atoms with van der Waals surface area (Å²) in [5.41, 5.74) is 4.12. The van der Waals surface area contributed by atoms with Gasteiger partial charge >= 0.3 is 5.97 Å². The Kier molecular flexibility index (Phi) is 8.04. The molecule has 2 fully saturated rings. The van der Waals surface area contributed by atoms with Gasteiger partial charge in [-0.05, 0) is 61.1 Å². The number of amides is 2. The second-order valence-corrected chi connectivity index (χ2v) is 12.0. The number of rotatable bonds is 10. The second-order valence-electron chi connectivity index (χ2n) is 10.7. The van der Waals surface area contributed by atoms with Crippen molar-refractivity contribution in [3.8, 4) is 22.4 Å². The Balaban J connectivity index is 1.30. The van der Waals surface area contributed by atoms with Gasteiger partial charge in [-0.25, -0.2) is 9.97 Å². The van der Waals surface area contributed by atoms with Gasteiger partial charge in [-0.15, -0.1) is 11.3 Å². The van der Waals surface area contributed by atoms with Gasteiger partial charge < -0.3 is 5.11 Å². The molecule has 10 heteroatoms. The number of carboxylic acid groups (broad SMARTS) is 1. The summed E-state index contributed by atoms with van der Waals surface area (Å²) in [5.74, 6) is -1.20. The number of aliphatic carboxylic acids is 1. The van der Waals surface area contributed by atoms with E-state index in [0.29, 0.717) is 41.1 Å². The molecule has 2 amide bonds. The number of pyridine rings is 1. The lowest BCUT2D eigenvalue weighted by molar-refractivity contribution is -0.140. The quantitative estimate of drug-likeness (QED) is 0.223. The van der Waals surface area contributed by atoms with Gasteiger partial charge in [-0.3, -0.25) is 24.2 Å². The van der Waals surface area contributed by atoms with Gasteiger partial charge in [-0.1, -0.05) is 48.0 Å².